The van der Waals surface area contributed by atoms with Crippen LogP contribution in [0.1, 0.15) is 19.3 Å². The average Bonchev–Trinajstić information content (AvgIpc) is 2.75. The third-order valence-electron chi connectivity index (χ3n) is 3.28. The number of hydrogen-bond donors (Lipinski definition) is 1. The first-order valence-electron chi connectivity index (χ1n) is 6.32. The lowest BCUT2D eigenvalue weighted by Gasteiger charge is -2.16. The molecule has 0 bridgehead atoms. The highest BCUT2D eigenvalue weighted by molar-refractivity contribution is 5.97. The molecule has 2 aliphatic rings. The summed E-state index contributed by atoms with van der Waals surface area (Å²) in [7, 11) is 0. The average molecular weight is 272 g/mol. The van der Waals surface area contributed by atoms with Gasteiger partial charge in [0.15, 0.2) is 0 Å². The zero-order valence-corrected chi connectivity index (χ0v) is 10.6. The molecule has 0 spiro atoms. The number of aliphatic hydroxyl groups excluding tert-OH is 1. The van der Waals surface area contributed by atoms with Crippen molar-refractivity contribution < 1.29 is 24.2 Å². The van der Waals surface area contributed by atoms with Crippen molar-refractivity contribution in [3.05, 3.63) is 53.0 Å². The quantitative estimate of drug-likeness (QED) is 0.661. The minimum atomic E-state index is -0.804. The van der Waals surface area contributed by atoms with Gasteiger partial charge in [-0.05, 0) is 31.4 Å². The van der Waals surface area contributed by atoms with Crippen LogP contribution in [0.3, 0.4) is 0 Å². The van der Waals surface area contributed by atoms with Crippen LogP contribution in [0.15, 0.2) is 53.0 Å². The number of benzene rings is 1. The van der Waals surface area contributed by atoms with Crippen LogP contribution in [-0.2, 0) is 14.3 Å². The molecule has 1 aliphatic carbocycles. The first-order valence-corrected chi connectivity index (χ1v) is 6.32. The van der Waals surface area contributed by atoms with Crippen LogP contribution in [0.25, 0.3) is 0 Å². The summed E-state index contributed by atoms with van der Waals surface area (Å²) in [5.41, 5.74) is 0.703. The number of para-hydroxylation sites is 1. The van der Waals surface area contributed by atoms with Gasteiger partial charge in [0.1, 0.15) is 11.5 Å². The number of allylic oxidation sites excluding steroid dienone is 1. The van der Waals surface area contributed by atoms with E-state index < -0.39 is 17.7 Å². The van der Waals surface area contributed by atoms with Crippen LogP contribution in [0.5, 0.6) is 5.75 Å². The van der Waals surface area contributed by atoms with Gasteiger partial charge in [0.05, 0.1) is 5.57 Å². The van der Waals surface area contributed by atoms with Crippen molar-refractivity contribution in [1.29, 1.82) is 0 Å². The van der Waals surface area contributed by atoms with Gasteiger partial charge in [-0.2, -0.15) is 0 Å². The first kappa shape index (κ1) is 12.5. The summed E-state index contributed by atoms with van der Waals surface area (Å²) in [5, 5.41) is 9.60. The molecule has 1 heterocycles. The first-order chi connectivity index (χ1) is 9.66. The molecule has 102 valence electrons. The van der Waals surface area contributed by atoms with Crippen LogP contribution in [0, 0.1) is 0 Å². The highest BCUT2D eigenvalue weighted by atomic mass is 16.6. The summed E-state index contributed by atoms with van der Waals surface area (Å²) in [6, 6.07) is 8.67. The normalized spacial score (nSPS) is 17.9. The molecule has 0 aromatic heterocycles. The molecule has 5 nitrogen and oxygen atoms in total. The Morgan fingerprint density at radius 2 is 1.95 bits per heavy atom. The molecule has 1 N–H and O–H groups in total. The maximum Gasteiger partial charge on any atom is 0.379 e. The number of carbonyl (C=O) groups excluding carboxylic acids is 2. The third-order valence-corrected chi connectivity index (χ3v) is 3.28. The second-order valence-corrected chi connectivity index (χ2v) is 4.58. The molecule has 0 saturated heterocycles. The lowest BCUT2D eigenvalue weighted by Crippen LogP contribution is -2.17. The molecule has 1 aromatic rings. The monoisotopic (exact) mass is 272 g/mol. The molecule has 0 fully saturated rings. The molecule has 1 aromatic carbocycles. The molecule has 5 heteroatoms. The van der Waals surface area contributed by atoms with Gasteiger partial charge in [-0.3, -0.25) is 0 Å². The van der Waals surface area contributed by atoms with E-state index in [-0.39, 0.29) is 5.76 Å². The van der Waals surface area contributed by atoms with E-state index in [0.29, 0.717) is 36.2 Å². The standard InChI is InChI=1S/C15H12O5/c16-12-10-7-4-8-11(13(10)20-15(12)18)14(17)19-9-5-2-1-3-6-9/h1-3,5-6,16H,4,7-8H2. The van der Waals surface area contributed by atoms with E-state index in [9.17, 15) is 14.7 Å². The van der Waals surface area contributed by atoms with Gasteiger partial charge >= 0.3 is 11.9 Å². The van der Waals surface area contributed by atoms with Gasteiger partial charge in [0, 0.05) is 5.57 Å². The number of ether oxygens (including phenoxy) is 2. The molecular formula is C15H12O5. The Balaban J connectivity index is 1.90. The molecule has 1 aliphatic heterocycles. The lowest BCUT2D eigenvalue weighted by molar-refractivity contribution is -0.136. The van der Waals surface area contributed by atoms with Crippen LogP contribution >= 0.6 is 0 Å². The summed E-state index contributed by atoms with van der Waals surface area (Å²) in [6.07, 6.45) is 1.65. The fraction of sp³-hybridized carbons (Fsp3) is 0.200. The van der Waals surface area contributed by atoms with Crippen molar-refractivity contribution in [2.45, 2.75) is 19.3 Å². The van der Waals surface area contributed by atoms with Crippen LogP contribution in [0.4, 0.5) is 0 Å². The Morgan fingerprint density at radius 3 is 2.70 bits per heavy atom. The topological polar surface area (TPSA) is 72.8 Å². The molecular weight excluding hydrogens is 260 g/mol. The molecule has 0 atom stereocenters. The van der Waals surface area contributed by atoms with Crippen molar-refractivity contribution in [2.24, 2.45) is 0 Å². The Hall–Kier alpha value is -2.56. The highest BCUT2D eigenvalue weighted by Gasteiger charge is 2.36. The summed E-state index contributed by atoms with van der Waals surface area (Å²) in [6.45, 7) is 0. The summed E-state index contributed by atoms with van der Waals surface area (Å²) >= 11 is 0. The van der Waals surface area contributed by atoms with E-state index in [1.807, 2.05) is 6.07 Å². The number of hydrogen-bond acceptors (Lipinski definition) is 5. The lowest BCUT2D eigenvalue weighted by atomic mass is 9.93. The number of fused-ring (bicyclic) bond motifs is 1. The zero-order valence-electron chi connectivity index (χ0n) is 10.6. The van der Waals surface area contributed by atoms with Crippen LogP contribution < -0.4 is 4.74 Å². The molecule has 20 heavy (non-hydrogen) atoms. The Labute approximate surface area is 115 Å². The maximum absolute atomic E-state index is 12.1. The fourth-order valence-electron chi connectivity index (χ4n) is 2.32. The van der Waals surface area contributed by atoms with Crippen LogP contribution in [-0.4, -0.2) is 17.0 Å². The SMILES string of the molecule is O=C1OC2=C(C(=O)Oc3ccccc3)CCCC2=C1O. The van der Waals surface area contributed by atoms with Crippen molar-refractivity contribution in [2.75, 3.05) is 0 Å². The predicted octanol–water partition coefficient (Wildman–Crippen LogP) is 2.40. The Morgan fingerprint density at radius 1 is 1.20 bits per heavy atom. The van der Waals surface area contributed by atoms with E-state index in [1.54, 1.807) is 24.3 Å². The van der Waals surface area contributed by atoms with E-state index in [0.717, 1.165) is 0 Å². The van der Waals surface area contributed by atoms with Crippen molar-refractivity contribution >= 4 is 11.9 Å². The minimum Gasteiger partial charge on any atom is -0.502 e. The van der Waals surface area contributed by atoms with E-state index in [4.69, 9.17) is 9.47 Å². The predicted molar refractivity (Wildman–Crippen MR) is 68.7 cm³/mol. The van der Waals surface area contributed by atoms with Crippen molar-refractivity contribution in [3.8, 4) is 5.75 Å². The third kappa shape index (κ3) is 2.07. The number of rotatable bonds is 2. The van der Waals surface area contributed by atoms with Gasteiger partial charge in [0.25, 0.3) is 0 Å². The van der Waals surface area contributed by atoms with Gasteiger partial charge in [-0.15, -0.1) is 0 Å². The number of carbonyl (C=O) groups is 2. The number of esters is 2. The molecule has 0 amide bonds. The fourth-order valence-corrected chi connectivity index (χ4v) is 2.32. The smallest absolute Gasteiger partial charge is 0.379 e. The largest absolute Gasteiger partial charge is 0.502 e. The summed E-state index contributed by atoms with van der Waals surface area (Å²) < 4.78 is 10.2. The Bertz CT molecular complexity index is 639. The van der Waals surface area contributed by atoms with E-state index in [2.05, 4.69) is 0 Å². The van der Waals surface area contributed by atoms with E-state index >= 15 is 0 Å². The minimum absolute atomic E-state index is 0.166. The van der Waals surface area contributed by atoms with Gasteiger partial charge in [-0.25, -0.2) is 9.59 Å². The second-order valence-electron chi connectivity index (χ2n) is 4.58. The second kappa shape index (κ2) is 4.85. The molecule has 0 unspecified atom stereocenters. The molecule has 0 saturated carbocycles. The molecule has 0 radical (unpaired) electrons. The highest BCUT2D eigenvalue weighted by Crippen LogP contribution is 2.37. The Kier molecular flexibility index (Phi) is 3.02. The summed E-state index contributed by atoms with van der Waals surface area (Å²) in [4.78, 5) is 23.5. The van der Waals surface area contributed by atoms with Crippen molar-refractivity contribution in [3.63, 3.8) is 0 Å². The van der Waals surface area contributed by atoms with Gasteiger partial charge in [-0.1, -0.05) is 18.2 Å². The summed E-state index contributed by atoms with van der Waals surface area (Å²) in [5.74, 6) is -1.16. The van der Waals surface area contributed by atoms with Crippen molar-refractivity contribution in [1.82, 2.24) is 0 Å². The molecule has 3 rings (SSSR count). The van der Waals surface area contributed by atoms with Crippen LogP contribution in [0.2, 0.25) is 0 Å². The maximum atomic E-state index is 12.1. The van der Waals surface area contributed by atoms with Gasteiger partial charge < -0.3 is 14.6 Å². The number of aliphatic hydroxyl groups is 1. The van der Waals surface area contributed by atoms with Gasteiger partial charge in [0.2, 0.25) is 5.76 Å². The van der Waals surface area contributed by atoms with E-state index in [1.165, 1.54) is 0 Å². The zero-order chi connectivity index (χ0) is 14.1.